The summed E-state index contributed by atoms with van der Waals surface area (Å²) in [6, 6.07) is 11.7. The van der Waals surface area contributed by atoms with Gasteiger partial charge in [0, 0.05) is 18.4 Å². The zero-order valence-electron chi connectivity index (χ0n) is 11.3. The Morgan fingerprint density at radius 3 is 2.70 bits per heavy atom. The molecule has 0 radical (unpaired) electrons. The molecule has 0 fully saturated rings. The molecule has 0 amide bonds. The van der Waals surface area contributed by atoms with Gasteiger partial charge in [0.1, 0.15) is 12.4 Å². The van der Waals surface area contributed by atoms with Crippen LogP contribution in [-0.4, -0.2) is 29.2 Å². The Balaban J connectivity index is 2.11. The summed E-state index contributed by atoms with van der Waals surface area (Å²) in [7, 11) is 1.64. The van der Waals surface area contributed by atoms with Gasteiger partial charge >= 0.3 is 0 Å². The molecule has 0 aliphatic heterocycles. The Bertz CT molecular complexity index is 596. The maximum atomic E-state index is 11.1. The van der Waals surface area contributed by atoms with Crippen LogP contribution in [0.1, 0.15) is 11.3 Å². The Morgan fingerprint density at radius 1 is 1.30 bits per heavy atom. The summed E-state index contributed by atoms with van der Waals surface area (Å²) < 4.78 is 7.16. The molecule has 0 saturated heterocycles. The van der Waals surface area contributed by atoms with Crippen LogP contribution in [0.15, 0.2) is 48.7 Å². The highest BCUT2D eigenvalue weighted by Crippen LogP contribution is 2.14. The normalized spacial score (nSPS) is 10.9. The number of methoxy groups -OCH3 is 1. The van der Waals surface area contributed by atoms with Gasteiger partial charge in [-0.05, 0) is 42.0 Å². The van der Waals surface area contributed by atoms with E-state index in [-0.39, 0.29) is 5.78 Å². The van der Waals surface area contributed by atoms with Gasteiger partial charge in [-0.2, -0.15) is 0 Å². The van der Waals surface area contributed by atoms with Crippen LogP contribution < -0.4 is 4.74 Å². The molecule has 1 aromatic carbocycles. The lowest BCUT2D eigenvalue weighted by Gasteiger charge is -2.07. The third-order valence-corrected chi connectivity index (χ3v) is 2.97. The number of aromatic nitrogens is 1. The average Bonchev–Trinajstić information content (AvgIpc) is 2.92. The molecule has 1 N–H and O–H groups in total. The van der Waals surface area contributed by atoms with Crippen molar-refractivity contribution in [3.05, 3.63) is 59.9 Å². The largest absolute Gasteiger partial charge is 0.497 e. The molecule has 0 aliphatic rings. The van der Waals surface area contributed by atoms with Crippen molar-refractivity contribution in [2.24, 2.45) is 0 Å². The van der Waals surface area contributed by atoms with Crippen molar-refractivity contribution < 1.29 is 14.6 Å². The molecule has 20 heavy (non-hydrogen) atoms. The van der Waals surface area contributed by atoms with E-state index in [1.165, 1.54) is 6.08 Å². The summed E-state index contributed by atoms with van der Waals surface area (Å²) in [6.45, 7) is 0.250. The SMILES string of the molecule is COc1ccc(Cn2cccc2/C=C/C(=O)CO)cc1. The van der Waals surface area contributed by atoms with Crippen molar-refractivity contribution in [2.75, 3.05) is 13.7 Å². The maximum Gasteiger partial charge on any atom is 0.181 e. The maximum absolute atomic E-state index is 11.1. The molecular formula is C16H17NO3. The molecule has 0 unspecified atom stereocenters. The first-order valence-corrected chi connectivity index (χ1v) is 6.33. The topological polar surface area (TPSA) is 51.5 Å². The minimum absolute atomic E-state index is 0.304. The monoisotopic (exact) mass is 271 g/mol. The number of ether oxygens (including phenoxy) is 1. The van der Waals surface area contributed by atoms with E-state index in [2.05, 4.69) is 0 Å². The summed E-state index contributed by atoms with van der Waals surface area (Å²) in [5.74, 6) is 0.525. The number of rotatable bonds is 6. The molecule has 0 bridgehead atoms. The van der Waals surface area contributed by atoms with Gasteiger partial charge in [0.15, 0.2) is 5.78 Å². The van der Waals surface area contributed by atoms with Crippen LogP contribution in [0.2, 0.25) is 0 Å². The summed E-state index contributed by atoms with van der Waals surface area (Å²) in [6.07, 6.45) is 5.05. The molecule has 0 atom stereocenters. The van der Waals surface area contributed by atoms with Crippen molar-refractivity contribution in [2.45, 2.75) is 6.54 Å². The van der Waals surface area contributed by atoms with Crippen molar-refractivity contribution in [3.63, 3.8) is 0 Å². The molecule has 0 saturated carbocycles. The highest BCUT2D eigenvalue weighted by molar-refractivity contribution is 5.94. The molecule has 4 heteroatoms. The average molecular weight is 271 g/mol. The van der Waals surface area contributed by atoms with Gasteiger partial charge < -0.3 is 14.4 Å². The van der Waals surface area contributed by atoms with Gasteiger partial charge in [0.25, 0.3) is 0 Å². The molecule has 104 valence electrons. The Kier molecular flexibility index (Phi) is 4.74. The molecule has 0 spiro atoms. The van der Waals surface area contributed by atoms with Crippen LogP contribution in [0.4, 0.5) is 0 Å². The number of nitrogens with zero attached hydrogens (tertiary/aromatic N) is 1. The highest BCUT2D eigenvalue weighted by Gasteiger charge is 2.01. The smallest absolute Gasteiger partial charge is 0.181 e. The number of carbonyl (C=O) groups is 1. The molecule has 2 rings (SSSR count). The Hall–Kier alpha value is -2.33. The quantitative estimate of drug-likeness (QED) is 0.819. The lowest BCUT2D eigenvalue weighted by Crippen LogP contribution is -2.01. The van der Waals surface area contributed by atoms with Crippen molar-refractivity contribution >= 4 is 11.9 Å². The van der Waals surface area contributed by atoms with Gasteiger partial charge in [0.2, 0.25) is 0 Å². The Morgan fingerprint density at radius 2 is 2.05 bits per heavy atom. The zero-order valence-corrected chi connectivity index (χ0v) is 11.3. The van der Waals surface area contributed by atoms with Gasteiger partial charge in [0.05, 0.1) is 7.11 Å². The highest BCUT2D eigenvalue weighted by atomic mass is 16.5. The summed E-state index contributed by atoms with van der Waals surface area (Å²) >= 11 is 0. The summed E-state index contributed by atoms with van der Waals surface area (Å²) in [4.78, 5) is 11.1. The van der Waals surface area contributed by atoms with E-state index < -0.39 is 6.61 Å². The number of aliphatic hydroxyl groups excluding tert-OH is 1. The van der Waals surface area contributed by atoms with Gasteiger partial charge in [-0.1, -0.05) is 12.1 Å². The number of benzene rings is 1. The van der Waals surface area contributed by atoms with E-state index in [0.717, 1.165) is 17.0 Å². The summed E-state index contributed by atoms with van der Waals surface area (Å²) in [5.41, 5.74) is 2.06. The predicted octanol–water partition coefficient (Wildman–Crippen LogP) is 2.12. The van der Waals surface area contributed by atoms with Crippen molar-refractivity contribution in [3.8, 4) is 5.75 Å². The van der Waals surface area contributed by atoms with Gasteiger partial charge in [-0.15, -0.1) is 0 Å². The number of carbonyl (C=O) groups excluding carboxylic acids is 1. The lowest BCUT2D eigenvalue weighted by atomic mass is 10.2. The van der Waals surface area contributed by atoms with E-state index in [4.69, 9.17) is 9.84 Å². The minimum atomic E-state index is -0.463. The summed E-state index contributed by atoms with van der Waals surface area (Å²) in [5, 5.41) is 8.70. The Labute approximate surface area is 117 Å². The number of aliphatic hydroxyl groups is 1. The third kappa shape index (κ3) is 3.59. The van der Waals surface area contributed by atoms with E-state index >= 15 is 0 Å². The fraction of sp³-hybridized carbons (Fsp3) is 0.188. The van der Waals surface area contributed by atoms with E-state index in [9.17, 15) is 4.79 Å². The fourth-order valence-electron chi connectivity index (χ4n) is 1.88. The van der Waals surface area contributed by atoms with E-state index in [1.54, 1.807) is 13.2 Å². The van der Waals surface area contributed by atoms with Crippen LogP contribution in [0.25, 0.3) is 6.08 Å². The fourth-order valence-corrected chi connectivity index (χ4v) is 1.88. The first-order chi connectivity index (χ1) is 9.72. The molecule has 4 nitrogen and oxygen atoms in total. The van der Waals surface area contributed by atoms with Crippen LogP contribution >= 0.6 is 0 Å². The second-order valence-electron chi connectivity index (χ2n) is 4.37. The predicted molar refractivity (Wildman–Crippen MR) is 77.7 cm³/mol. The second kappa shape index (κ2) is 6.73. The van der Waals surface area contributed by atoms with Crippen LogP contribution in [0, 0.1) is 0 Å². The molecule has 1 heterocycles. The van der Waals surface area contributed by atoms with Gasteiger partial charge in [-0.3, -0.25) is 4.79 Å². The first kappa shape index (κ1) is 14.1. The second-order valence-corrected chi connectivity index (χ2v) is 4.37. The van der Waals surface area contributed by atoms with Crippen molar-refractivity contribution in [1.82, 2.24) is 4.57 Å². The number of hydrogen-bond acceptors (Lipinski definition) is 3. The van der Waals surface area contributed by atoms with Gasteiger partial charge in [-0.25, -0.2) is 0 Å². The lowest BCUT2D eigenvalue weighted by molar-refractivity contribution is -0.117. The van der Waals surface area contributed by atoms with E-state index in [0.29, 0.717) is 6.54 Å². The zero-order chi connectivity index (χ0) is 14.4. The molecule has 0 aliphatic carbocycles. The van der Waals surface area contributed by atoms with Crippen molar-refractivity contribution in [1.29, 1.82) is 0 Å². The minimum Gasteiger partial charge on any atom is -0.497 e. The van der Waals surface area contributed by atoms with Crippen LogP contribution in [0.5, 0.6) is 5.75 Å². The number of hydrogen-bond donors (Lipinski definition) is 1. The molecule has 2 aromatic rings. The number of ketones is 1. The molecule has 1 aromatic heterocycles. The van der Waals surface area contributed by atoms with Crippen LogP contribution in [-0.2, 0) is 11.3 Å². The third-order valence-electron chi connectivity index (χ3n) is 2.97. The molecular weight excluding hydrogens is 254 g/mol. The van der Waals surface area contributed by atoms with Crippen LogP contribution in [0.3, 0.4) is 0 Å². The first-order valence-electron chi connectivity index (χ1n) is 6.33. The van der Waals surface area contributed by atoms with E-state index in [1.807, 2.05) is 47.2 Å². The standard InChI is InChI=1S/C16H17NO3/c1-20-16-8-4-13(5-9-16)11-17-10-2-3-14(17)6-7-15(19)12-18/h2-10,18H,11-12H2,1H3/b7-6+.